The highest BCUT2D eigenvalue weighted by Gasteiger charge is 2.29. The van der Waals surface area contributed by atoms with E-state index in [0.29, 0.717) is 12.6 Å². The number of aromatic amines is 1. The molecule has 194 valence electrons. The number of pyridine rings is 1. The van der Waals surface area contributed by atoms with E-state index in [1.165, 1.54) is 30.4 Å². The molecule has 7 nitrogen and oxygen atoms in total. The van der Waals surface area contributed by atoms with Crippen molar-refractivity contribution in [2.45, 2.75) is 84.3 Å². The average Bonchev–Trinajstić information content (AvgIpc) is 3.41. The predicted molar refractivity (Wildman–Crippen MR) is 148 cm³/mol. The minimum atomic E-state index is -0.0207. The van der Waals surface area contributed by atoms with Crippen LogP contribution in [-0.2, 0) is 13.0 Å². The fourth-order valence-corrected chi connectivity index (χ4v) is 5.83. The number of aryl methyl sites for hydroxylation is 2. The van der Waals surface area contributed by atoms with E-state index in [0.717, 1.165) is 60.1 Å². The fourth-order valence-electron chi connectivity index (χ4n) is 5.83. The smallest absolute Gasteiger partial charge is 0.252 e. The molecule has 2 aromatic carbocycles. The molecule has 7 heteroatoms. The van der Waals surface area contributed by atoms with Crippen LogP contribution >= 0.6 is 0 Å². The predicted octanol–water partition coefficient (Wildman–Crippen LogP) is 5.83. The standard InChI is InChI=1S/C30H38N6O/c1-4-27(29-32-33-34-36(29)25-13-9-6-10-14-25)35(18-17-23-11-7-5-8-12-23)20-24-19-26-21(2)15-16-22(3)28(26)31-30(24)37/h5,7-8,11-12,15-16,19,25,27H,4,6,9-10,13-14,17-18,20H2,1-3H3,(H,31,37)/t27-/m1/s1. The van der Waals surface area contributed by atoms with E-state index in [4.69, 9.17) is 0 Å². The lowest BCUT2D eigenvalue weighted by atomic mass is 9.95. The van der Waals surface area contributed by atoms with Gasteiger partial charge in [0.1, 0.15) is 0 Å². The highest BCUT2D eigenvalue weighted by molar-refractivity contribution is 5.85. The summed E-state index contributed by atoms with van der Waals surface area (Å²) >= 11 is 0. The number of nitrogens with zero attached hydrogens (tertiary/aromatic N) is 5. The second-order valence-corrected chi connectivity index (χ2v) is 10.5. The molecule has 0 amide bonds. The van der Waals surface area contributed by atoms with Crippen molar-refractivity contribution in [1.29, 1.82) is 0 Å². The molecule has 37 heavy (non-hydrogen) atoms. The first kappa shape index (κ1) is 25.3. The second-order valence-electron chi connectivity index (χ2n) is 10.5. The molecular weight excluding hydrogens is 460 g/mol. The van der Waals surface area contributed by atoms with Crippen LogP contribution < -0.4 is 5.56 Å². The molecular formula is C30H38N6O. The monoisotopic (exact) mass is 498 g/mol. The molecule has 5 rings (SSSR count). The third-order valence-corrected chi connectivity index (χ3v) is 7.99. The summed E-state index contributed by atoms with van der Waals surface area (Å²) in [6.07, 6.45) is 7.76. The molecule has 2 heterocycles. The number of aromatic nitrogens is 5. The van der Waals surface area contributed by atoms with E-state index in [2.05, 4.69) is 86.4 Å². The van der Waals surface area contributed by atoms with Gasteiger partial charge in [0.15, 0.2) is 5.82 Å². The van der Waals surface area contributed by atoms with Crippen molar-refractivity contribution >= 4 is 10.9 Å². The van der Waals surface area contributed by atoms with Gasteiger partial charge >= 0.3 is 0 Å². The van der Waals surface area contributed by atoms with Gasteiger partial charge < -0.3 is 4.98 Å². The number of benzene rings is 2. The lowest BCUT2D eigenvalue weighted by molar-refractivity contribution is 0.165. The van der Waals surface area contributed by atoms with Gasteiger partial charge in [-0.3, -0.25) is 9.69 Å². The Morgan fingerprint density at radius 3 is 2.57 bits per heavy atom. The van der Waals surface area contributed by atoms with Gasteiger partial charge in [0, 0.05) is 24.0 Å². The van der Waals surface area contributed by atoms with E-state index in [9.17, 15) is 4.79 Å². The van der Waals surface area contributed by atoms with Gasteiger partial charge in [-0.1, -0.05) is 68.7 Å². The maximum Gasteiger partial charge on any atom is 0.252 e. The van der Waals surface area contributed by atoms with Crippen LogP contribution in [0.25, 0.3) is 10.9 Å². The fraction of sp³-hybridized carbons (Fsp3) is 0.467. The van der Waals surface area contributed by atoms with E-state index >= 15 is 0 Å². The van der Waals surface area contributed by atoms with Gasteiger partial charge in [-0.05, 0) is 72.7 Å². The summed E-state index contributed by atoms with van der Waals surface area (Å²) in [4.78, 5) is 18.9. The van der Waals surface area contributed by atoms with Crippen LogP contribution in [0.5, 0.6) is 0 Å². The first-order valence-corrected chi connectivity index (χ1v) is 13.7. The Morgan fingerprint density at radius 1 is 1.05 bits per heavy atom. The molecule has 2 aromatic heterocycles. The summed E-state index contributed by atoms with van der Waals surface area (Å²) in [5.41, 5.74) is 5.23. The molecule has 1 saturated carbocycles. The topological polar surface area (TPSA) is 79.7 Å². The van der Waals surface area contributed by atoms with Gasteiger partial charge in [0.05, 0.1) is 17.6 Å². The third kappa shape index (κ3) is 5.52. The van der Waals surface area contributed by atoms with Crippen molar-refractivity contribution in [2.24, 2.45) is 0 Å². The first-order valence-electron chi connectivity index (χ1n) is 13.7. The molecule has 0 bridgehead atoms. The van der Waals surface area contributed by atoms with Crippen LogP contribution in [0.2, 0.25) is 0 Å². The van der Waals surface area contributed by atoms with E-state index in [1.807, 2.05) is 13.0 Å². The molecule has 1 aliphatic carbocycles. The van der Waals surface area contributed by atoms with Crippen molar-refractivity contribution < 1.29 is 0 Å². The van der Waals surface area contributed by atoms with Crippen LogP contribution in [-0.4, -0.2) is 36.6 Å². The Hall–Kier alpha value is -3.32. The zero-order chi connectivity index (χ0) is 25.8. The number of tetrazole rings is 1. The Morgan fingerprint density at radius 2 is 1.81 bits per heavy atom. The second kappa shape index (κ2) is 11.4. The molecule has 0 saturated heterocycles. The Labute approximate surface area is 218 Å². The number of fused-ring (bicyclic) bond motifs is 1. The van der Waals surface area contributed by atoms with Crippen LogP contribution in [0.3, 0.4) is 0 Å². The van der Waals surface area contributed by atoms with Gasteiger partial charge in [0.25, 0.3) is 5.56 Å². The van der Waals surface area contributed by atoms with E-state index < -0.39 is 0 Å². The summed E-state index contributed by atoms with van der Waals surface area (Å²) < 4.78 is 2.08. The summed E-state index contributed by atoms with van der Waals surface area (Å²) in [5.74, 6) is 0.923. The van der Waals surface area contributed by atoms with Gasteiger partial charge in [-0.2, -0.15) is 0 Å². The molecule has 1 atom stereocenters. The van der Waals surface area contributed by atoms with Gasteiger partial charge in [-0.15, -0.1) is 5.10 Å². The Bertz CT molecular complexity index is 1390. The number of nitrogens with one attached hydrogen (secondary N) is 1. The lowest BCUT2D eigenvalue weighted by Crippen LogP contribution is -2.35. The number of H-pyrrole nitrogens is 1. The quantitative estimate of drug-likeness (QED) is 0.314. The van der Waals surface area contributed by atoms with Crippen molar-refractivity contribution in [3.63, 3.8) is 0 Å². The van der Waals surface area contributed by atoms with Crippen molar-refractivity contribution in [3.8, 4) is 0 Å². The summed E-state index contributed by atoms with van der Waals surface area (Å²) in [6, 6.07) is 17.2. The molecule has 0 spiro atoms. The minimum Gasteiger partial charge on any atom is -0.321 e. The molecule has 0 unspecified atom stereocenters. The zero-order valence-corrected chi connectivity index (χ0v) is 22.3. The average molecular weight is 499 g/mol. The van der Waals surface area contributed by atoms with Crippen LogP contribution in [0.1, 0.15) is 85.6 Å². The SMILES string of the molecule is CC[C@H](c1nnnn1C1CCCCC1)N(CCc1ccccc1)Cc1cc2c(C)ccc(C)c2[nH]c1=O. The molecule has 1 N–H and O–H groups in total. The van der Waals surface area contributed by atoms with Crippen LogP contribution in [0, 0.1) is 13.8 Å². The first-order chi connectivity index (χ1) is 18.0. The molecule has 0 radical (unpaired) electrons. The molecule has 1 fully saturated rings. The highest BCUT2D eigenvalue weighted by atomic mass is 16.1. The molecule has 0 aliphatic heterocycles. The normalized spacial score (nSPS) is 15.5. The number of rotatable bonds is 9. The molecule has 4 aromatic rings. The van der Waals surface area contributed by atoms with Gasteiger partial charge in [-0.25, -0.2) is 4.68 Å². The maximum absolute atomic E-state index is 13.3. The number of hydrogen-bond donors (Lipinski definition) is 1. The Balaban J connectivity index is 1.51. The summed E-state index contributed by atoms with van der Waals surface area (Å²) in [6.45, 7) is 7.69. The van der Waals surface area contributed by atoms with E-state index in [-0.39, 0.29) is 11.6 Å². The zero-order valence-electron chi connectivity index (χ0n) is 22.3. The lowest BCUT2D eigenvalue weighted by Gasteiger charge is -2.32. The largest absolute Gasteiger partial charge is 0.321 e. The summed E-state index contributed by atoms with van der Waals surface area (Å²) in [7, 11) is 0. The summed E-state index contributed by atoms with van der Waals surface area (Å²) in [5, 5.41) is 14.2. The van der Waals surface area contributed by atoms with Crippen molar-refractivity contribution in [2.75, 3.05) is 6.54 Å². The third-order valence-electron chi connectivity index (χ3n) is 7.99. The van der Waals surface area contributed by atoms with Crippen molar-refractivity contribution in [3.05, 3.63) is 87.0 Å². The van der Waals surface area contributed by atoms with E-state index in [1.54, 1.807) is 0 Å². The van der Waals surface area contributed by atoms with Crippen molar-refractivity contribution in [1.82, 2.24) is 30.1 Å². The Kier molecular flexibility index (Phi) is 7.79. The van der Waals surface area contributed by atoms with Gasteiger partial charge in [0.2, 0.25) is 0 Å². The highest BCUT2D eigenvalue weighted by Crippen LogP contribution is 2.32. The minimum absolute atomic E-state index is 0.0207. The van der Waals surface area contributed by atoms with Crippen LogP contribution in [0.4, 0.5) is 0 Å². The molecule has 1 aliphatic rings. The number of hydrogen-bond acceptors (Lipinski definition) is 5. The van der Waals surface area contributed by atoms with Crippen LogP contribution in [0.15, 0.2) is 53.3 Å². The maximum atomic E-state index is 13.3.